The first-order valence-corrected chi connectivity index (χ1v) is 9.27. The minimum absolute atomic E-state index is 0.487. The van der Waals surface area contributed by atoms with Gasteiger partial charge in [-0.1, -0.05) is 20.8 Å². The number of nitrogens with one attached hydrogen (secondary N) is 1. The van der Waals surface area contributed by atoms with Gasteiger partial charge in [0.1, 0.15) is 5.82 Å². The van der Waals surface area contributed by atoms with Crippen molar-refractivity contribution in [1.29, 1.82) is 0 Å². The van der Waals surface area contributed by atoms with Gasteiger partial charge in [0.15, 0.2) is 0 Å². The molecule has 1 saturated carbocycles. The molecule has 2 fully saturated rings. The lowest BCUT2D eigenvalue weighted by Crippen LogP contribution is -2.37. The standard InChI is InChI=1S/C17H27N3S/c1-12(2)16-8-14(10-18-15-4-5-15)9-17(19-16)20-6-7-21-13(3)11-20/h8-9,12-13,15,18H,4-7,10-11H2,1-3H3. The maximum absolute atomic E-state index is 4.92. The fourth-order valence-electron chi connectivity index (χ4n) is 2.73. The number of hydrogen-bond donors (Lipinski definition) is 1. The molecule has 1 atom stereocenters. The van der Waals surface area contributed by atoms with Crippen LogP contribution in [0.25, 0.3) is 0 Å². The molecule has 21 heavy (non-hydrogen) atoms. The van der Waals surface area contributed by atoms with E-state index in [9.17, 15) is 0 Å². The van der Waals surface area contributed by atoms with Crippen molar-refractivity contribution in [2.75, 3.05) is 23.7 Å². The lowest BCUT2D eigenvalue weighted by Gasteiger charge is -2.32. The van der Waals surface area contributed by atoms with Crippen molar-refractivity contribution in [3.63, 3.8) is 0 Å². The van der Waals surface area contributed by atoms with Gasteiger partial charge in [0.05, 0.1) is 0 Å². The number of aromatic nitrogens is 1. The van der Waals surface area contributed by atoms with Crippen LogP contribution in [-0.4, -0.2) is 35.1 Å². The summed E-state index contributed by atoms with van der Waals surface area (Å²) >= 11 is 2.07. The predicted octanol–water partition coefficient (Wildman–Crippen LogP) is 3.40. The minimum Gasteiger partial charge on any atom is -0.355 e. The molecule has 0 radical (unpaired) electrons. The summed E-state index contributed by atoms with van der Waals surface area (Å²) in [6, 6.07) is 5.34. The molecular formula is C17H27N3S. The first-order chi connectivity index (χ1) is 10.1. The Bertz CT molecular complexity index is 485. The number of anilines is 1. The fraction of sp³-hybridized carbons (Fsp3) is 0.706. The zero-order valence-corrected chi connectivity index (χ0v) is 14.2. The van der Waals surface area contributed by atoms with E-state index in [-0.39, 0.29) is 0 Å². The van der Waals surface area contributed by atoms with Gasteiger partial charge in [0.25, 0.3) is 0 Å². The van der Waals surface area contributed by atoms with Crippen LogP contribution in [0.5, 0.6) is 0 Å². The van der Waals surface area contributed by atoms with E-state index in [1.807, 2.05) is 0 Å². The first kappa shape index (κ1) is 15.2. The lowest BCUT2D eigenvalue weighted by molar-refractivity contribution is 0.681. The Morgan fingerprint density at radius 3 is 2.86 bits per heavy atom. The third-order valence-corrected chi connectivity index (χ3v) is 5.36. The molecule has 1 aromatic rings. The van der Waals surface area contributed by atoms with Crippen molar-refractivity contribution >= 4 is 17.6 Å². The molecule has 3 nitrogen and oxygen atoms in total. The van der Waals surface area contributed by atoms with Crippen molar-refractivity contribution in [3.05, 3.63) is 23.4 Å². The maximum Gasteiger partial charge on any atom is 0.129 e. The van der Waals surface area contributed by atoms with Crippen LogP contribution in [0.1, 0.15) is 50.8 Å². The van der Waals surface area contributed by atoms with Crippen LogP contribution in [-0.2, 0) is 6.54 Å². The van der Waals surface area contributed by atoms with Gasteiger partial charge in [-0.2, -0.15) is 11.8 Å². The van der Waals surface area contributed by atoms with Gasteiger partial charge in [-0.3, -0.25) is 0 Å². The van der Waals surface area contributed by atoms with Crippen LogP contribution in [0.3, 0.4) is 0 Å². The van der Waals surface area contributed by atoms with Crippen LogP contribution in [0, 0.1) is 0 Å². The van der Waals surface area contributed by atoms with Gasteiger partial charge in [-0.15, -0.1) is 0 Å². The number of rotatable bonds is 5. The van der Waals surface area contributed by atoms with E-state index in [1.165, 1.54) is 35.7 Å². The monoisotopic (exact) mass is 305 g/mol. The summed E-state index contributed by atoms with van der Waals surface area (Å²) in [5, 5.41) is 4.33. The highest BCUT2D eigenvalue weighted by atomic mass is 32.2. The van der Waals surface area contributed by atoms with Gasteiger partial charge in [0, 0.05) is 42.4 Å². The Kier molecular flexibility index (Phi) is 4.75. The average molecular weight is 305 g/mol. The van der Waals surface area contributed by atoms with Crippen LogP contribution in [0.4, 0.5) is 5.82 Å². The molecule has 0 spiro atoms. The summed E-state index contributed by atoms with van der Waals surface area (Å²) in [7, 11) is 0. The number of nitrogens with zero attached hydrogens (tertiary/aromatic N) is 2. The maximum atomic E-state index is 4.92. The Morgan fingerprint density at radius 1 is 1.38 bits per heavy atom. The first-order valence-electron chi connectivity index (χ1n) is 8.22. The zero-order chi connectivity index (χ0) is 14.8. The van der Waals surface area contributed by atoms with Gasteiger partial charge in [0.2, 0.25) is 0 Å². The molecule has 4 heteroatoms. The van der Waals surface area contributed by atoms with Crippen LogP contribution >= 0.6 is 11.8 Å². The summed E-state index contributed by atoms with van der Waals surface area (Å²) in [6.07, 6.45) is 2.69. The molecule has 1 aromatic heterocycles. The van der Waals surface area contributed by atoms with Crippen molar-refractivity contribution < 1.29 is 0 Å². The van der Waals surface area contributed by atoms with E-state index in [2.05, 4.69) is 54.9 Å². The molecule has 1 aliphatic carbocycles. The molecule has 2 aliphatic rings. The Labute approximate surface area is 132 Å². The Morgan fingerprint density at radius 2 is 2.19 bits per heavy atom. The van der Waals surface area contributed by atoms with E-state index in [1.54, 1.807) is 0 Å². The average Bonchev–Trinajstić information content (AvgIpc) is 3.29. The molecule has 3 rings (SSSR count). The zero-order valence-electron chi connectivity index (χ0n) is 13.4. The number of pyridine rings is 1. The van der Waals surface area contributed by atoms with Crippen molar-refractivity contribution in [2.24, 2.45) is 0 Å². The van der Waals surface area contributed by atoms with Crippen molar-refractivity contribution in [1.82, 2.24) is 10.3 Å². The Hall–Kier alpha value is -0.740. The summed E-state index contributed by atoms with van der Waals surface area (Å²) in [6.45, 7) is 10.0. The molecule has 2 heterocycles. The quantitative estimate of drug-likeness (QED) is 0.902. The predicted molar refractivity (Wildman–Crippen MR) is 92.3 cm³/mol. The van der Waals surface area contributed by atoms with E-state index >= 15 is 0 Å². The smallest absolute Gasteiger partial charge is 0.129 e. The van der Waals surface area contributed by atoms with E-state index in [0.29, 0.717) is 11.2 Å². The topological polar surface area (TPSA) is 28.2 Å². The lowest BCUT2D eigenvalue weighted by atomic mass is 10.1. The molecule has 1 aliphatic heterocycles. The molecule has 116 valence electrons. The second-order valence-electron chi connectivity index (χ2n) is 6.70. The van der Waals surface area contributed by atoms with E-state index in [4.69, 9.17) is 4.98 Å². The number of thioether (sulfide) groups is 1. The highest BCUT2D eigenvalue weighted by Crippen LogP contribution is 2.26. The fourth-order valence-corrected chi connectivity index (χ4v) is 3.74. The third-order valence-electron chi connectivity index (χ3n) is 4.22. The van der Waals surface area contributed by atoms with Crippen molar-refractivity contribution in [3.8, 4) is 0 Å². The van der Waals surface area contributed by atoms with Gasteiger partial charge in [-0.05, 0) is 36.5 Å². The highest BCUT2D eigenvalue weighted by molar-refractivity contribution is 8.00. The molecule has 1 unspecified atom stereocenters. The van der Waals surface area contributed by atoms with Crippen molar-refractivity contribution in [2.45, 2.75) is 57.4 Å². The van der Waals surface area contributed by atoms with Crippen LogP contribution < -0.4 is 10.2 Å². The second-order valence-corrected chi connectivity index (χ2v) is 8.24. The largest absolute Gasteiger partial charge is 0.355 e. The molecule has 0 amide bonds. The van der Waals surface area contributed by atoms with Gasteiger partial charge < -0.3 is 10.2 Å². The van der Waals surface area contributed by atoms with Gasteiger partial charge in [-0.25, -0.2) is 4.98 Å². The molecular weight excluding hydrogens is 278 g/mol. The summed E-state index contributed by atoms with van der Waals surface area (Å²) in [4.78, 5) is 7.39. The van der Waals surface area contributed by atoms with E-state index in [0.717, 1.165) is 25.7 Å². The molecule has 1 N–H and O–H groups in total. The normalized spacial score (nSPS) is 22.9. The number of hydrogen-bond acceptors (Lipinski definition) is 4. The highest BCUT2D eigenvalue weighted by Gasteiger charge is 2.22. The Balaban J connectivity index is 1.79. The van der Waals surface area contributed by atoms with Crippen LogP contribution in [0.15, 0.2) is 12.1 Å². The third kappa shape index (κ3) is 4.13. The van der Waals surface area contributed by atoms with Crippen LogP contribution in [0.2, 0.25) is 0 Å². The molecule has 0 bridgehead atoms. The van der Waals surface area contributed by atoms with Gasteiger partial charge >= 0.3 is 0 Å². The summed E-state index contributed by atoms with van der Waals surface area (Å²) in [5.74, 6) is 2.88. The summed E-state index contributed by atoms with van der Waals surface area (Å²) < 4.78 is 0. The minimum atomic E-state index is 0.487. The molecule has 0 aromatic carbocycles. The molecule has 1 saturated heterocycles. The van der Waals surface area contributed by atoms with E-state index < -0.39 is 0 Å². The second kappa shape index (κ2) is 6.57. The summed E-state index contributed by atoms with van der Waals surface area (Å²) in [5.41, 5.74) is 2.62. The SMILES string of the molecule is CC1CN(c2cc(CNC3CC3)cc(C(C)C)n2)CCS1.